The molecule has 1 aliphatic rings. The summed E-state index contributed by atoms with van der Waals surface area (Å²) in [4.78, 5) is 54.3. The van der Waals surface area contributed by atoms with E-state index in [1.165, 1.54) is 19.3 Å². The first-order chi connectivity index (χ1) is 32.5. The number of phosphoric acid groups is 2. The van der Waals surface area contributed by atoms with Crippen LogP contribution in [0.15, 0.2) is 72.9 Å². The molecule has 1 fully saturated rings. The summed E-state index contributed by atoms with van der Waals surface area (Å²) in [6.07, 6.45) is 29.1. The van der Waals surface area contributed by atoms with Gasteiger partial charge in [0, 0.05) is 12.8 Å². The number of esters is 2. The second-order valence-corrected chi connectivity index (χ2v) is 19.6. The minimum atomic E-state index is -5.38. The van der Waals surface area contributed by atoms with Gasteiger partial charge in [0.25, 0.3) is 0 Å². The number of aliphatic hydroxyl groups excluding tert-OH is 5. The summed E-state index contributed by atoms with van der Waals surface area (Å²) >= 11 is 0. The molecular formula is C49H84O17P2. The lowest BCUT2D eigenvalue weighted by atomic mass is 9.85. The standard InChI is InChI=1S/C49H84O17P2/c1-3-5-6-7-8-9-10-11-12-13-14-17-20-23-26-29-32-36-42(51)62-38-41(39-63-68(60,61)66-49-46(55)44(53)45(54)48(47(49)56)65-67(57,58)59)64-43(52)37-33-30-27-24-21-18-15-16-19-22-25-28-31-35-40(50)34-4-2/h8-9,11-12,15,18-19,22,24,27-28,31,40-41,44-50,53-56H,3-7,10,13-14,16-17,20-21,23,25-26,29-30,32-39H2,1-2H3,(H,60,61)(H2,57,58,59)/b9-8-,12-11-,18-15-,22-19-,27-24-,31-28-/t40?,41-,44?,45?,46?,47?,48-,49+/m1/s1. The Morgan fingerprint density at radius 3 is 1.54 bits per heavy atom. The molecule has 0 aliphatic heterocycles. The van der Waals surface area contributed by atoms with Crippen LogP contribution >= 0.6 is 15.6 Å². The largest absolute Gasteiger partial charge is 0.472 e. The van der Waals surface area contributed by atoms with Gasteiger partial charge in [-0.1, -0.05) is 138 Å². The van der Waals surface area contributed by atoms with Crippen LogP contribution in [-0.2, 0) is 41.8 Å². The van der Waals surface area contributed by atoms with Crippen LogP contribution in [0.5, 0.6) is 0 Å². The number of phosphoric ester groups is 2. The maximum absolute atomic E-state index is 13.0. The van der Waals surface area contributed by atoms with Crippen molar-refractivity contribution in [2.24, 2.45) is 0 Å². The van der Waals surface area contributed by atoms with Gasteiger partial charge in [-0.25, -0.2) is 9.13 Å². The molecule has 392 valence electrons. The van der Waals surface area contributed by atoms with E-state index in [1.54, 1.807) is 0 Å². The molecular weight excluding hydrogens is 922 g/mol. The van der Waals surface area contributed by atoms with Crippen molar-refractivity contribution in [1.82, 2.24) is 0 Å². The van der Waals surface area contributed by atoms with Crippen molar-refractivity contribution in [3.8, 4) is 0 Å². The Bertz CT molecular complexity index is 1610. The van der Waals surface area contributed by atoms with E-state index in [9.17, 15) is 58.9 Å². The highest BCUT2D eigenvalue weighted by Gasteiger charge is 2.54. The number of carbonyl (C=O) groups excluding carboxylic acids is 2. The summed E-state index contributed by atoms with van der Waals surface area (Å²) in [6.45, 7) is 2.83. The number of hydrogen-bond acceptors (Lipinski definition) is 14. The molecule has 8 N–H and O–H groups in total. The molecule has 0 saturated heterocycles. The summed E-state index contributed by atoms with van der Waals surface area (Å²) in [7, 11) is -10.7. The van der Waals surface area contributed by atoms with Gasteiger partial charge in [0.15, 0.2) is 6.10 Å². The minimum absolute atomic E-state index is 0.0517. The van der Waals surface area contributed by atoms with E-state index >= 15 is 0 Å². The molecule has 17 nitrogen and oxygen atoms in total. The maximum Gasteiger partial charge on any atom is 0.472 e. The quantitative estimate of drug-likeness (QED) is 0.0123. The van der Waals surface area contributed by atoms with Crippen LogP contribution < -0.4 is 0 Å². The zero-order valence-electron chi connectivity index (χ0n) is 40.4. The number of aliphatic hydroxyl groups is 5. The van der Waals surface area contributed by atoms with Crippen molar-refractivity contribution in [2.45, 2.75) is 210 Å². The van der Waals surface area contributed by atoms with Gasteiger partial charge in [0.1, 0.15) is 43.2 Å². The van der Waals surface area contributed by atoms with E-state index in [2.05, 4.69) is 47.9 Å². The van der Waals surface area contributed by atoms with Gasteiger partial charge >= 0.3 is 27.6 Å². The summed E-state index contributed by atoms with van der Waals surface area (Å²) in [5.74, 6) is -1.30. The fourth-order valence-corrected chi connectivity index (χ4v) is 8.54. The van der Waals surface area contributed by atoms with Crippen LogP contribution in [0.3, 0.4) is 0 Å². The fourth-order valence-electron chi connectivity index (χ4n) is 7.00. The van der Waals surface area contributed by atoms with Gasteiger partial charge in [0.2, 0.25) is 0 Å². The summed E-state index contributed by atoms with van der Waals surface area (Å²) in [5.41, 5.74) is 0. The number of unbranched alkanes of at least 4 members (excludes halogenated alkanes) is 11. The monoisotopic (exact) mass is 1010 g/mol. The number of allylic oxidation sites excluding steroid dienone is 11. The zero-order valence-corrected chi connectivity index (χ0v) is 42.2. The summed E-state index contributed by atoms with van der Waals surface area (Å²) in [6, 6.07) is 0. The maximum atomic E-state index is 13.0. The fraction of sp³-hybridized carbons (Fsp3) is 0.714. The van der Waals surface area contributed by atoms with E-state index in [-0.39, 0.29) is 18.9 Å². The Labute approximate surface area is 404 Å². The van der Waals surface area contributed by atoms with Gasteiger partial charge in [-0.2, -0.15) is 0 Å². The van der Waals surface area contributed by atoms with Crippen molar-refractivity contribution in [2.75, 3.05) is 13.2 Å². The molecule has 19 heteroatoms. The van der Waals surface area contributed by atoms with Gasteiger partial charge in [-0.15, -0.1) is 0 Å². The molecule has 68 heavy (non-hydrogen) atoms. The summed E-state index contributed by atoms with van der Waals surface area (Å²) in [5, 5.41) is 51.0. The molecule has 1 aliphatic carbocycles. The predicted molar refractivity (Wildman–Crippen MR) is 261 cm³/mol. The molecule has 6 unspecified atom stereocenters. The number of hydrogen-bond donors (Lipinski definition) is 8. The molecule has 0 spiro atoms. The highest BCUT2D eigenvalue weighted by molar-refractivity contribution is 7.47. The molecule has 0 aromatic carbocycles. The Balaban J connectivity index is 2.63. The van der Waals surface area contributed by atoms with Gasteiger partial charge < -0.3 is 49.7 Å². The lowest BCUT2D eigenvalue weighted by Crippen LogP contribution is -2.64. The van der Waals surface area contributed by atoms with E-state index in [0.717, 1.165) is 83.5 Å². The van der Waals surface area contributed by atoms with E-state index in [0.29, 0.717) is 32.1 Å². The lowest BCUT2D eigenvalue weighted by molar-refractivity contribution is -0.216. The molecule has 0 amide bonds. The first-order valence-electron chi connectivity index (χ1n) is 24.6. The topological polar surface area (TPSA) is 276 Å². The third kappa shape index (κ3) is 33.1. The molecule has 9 atom stereocenters. The Kier molecular flexibility index (Phi) is 36.4. The Morgan fingerprint density at radius 2 is 1.00 bits per heavy atom. The van der Waals surface area contributed by atoms with Crippen molar-refractivity contribution < 1.29 is 82.0 Å². The highest BCUT2D eigenvalue weighted by Crippen LogP contribution is 2.49. The SMILES string of the molecule is CCCCC/C=C\C/C=C\CCCCCCCCCC(=O)OC[C@H](COP(=O)(O)O[C@H]1C(O)C(O)C(O)[C@@H](OP(=O)(O)O)C1O)OC(=O)CCC/C=C\C/C=C\C/C=C\C/C=C\CC(O)CCC. The van der Waals surface area contributed by atoms with Crippen LogP contribution in [0.4, 0.5) is 0 Å². The number of rotatable bonds is 40. The van der Waals surface area contributed by atoms with E-state index in [4.69, 9.17) is 18.5 Å². The van der Waals surface area contributed by atoms with Crippen molar-refractivity contribution >= 4 is 27.6 Å². The van der Waals surface area contributed by atoms with Crippen LogP contribution in [0.2, 0.25) is 0 Å². The molecule has 1 rings (SSSR count). The van der Waals surface area contributed by atoms with E-state index in [1.807, 2.05) is 43.4 Å². The normalized spacial score (nSPS) is 22.3. The molecule has 1 saturated carbocycles. The highest BCUT2D eigenvalue weighted by atomic mass is 31.2. The zero-order chi connectivity index (χ0) is 50.5. The molecule has 0 radical (unpaired) electrons. The number of carbonyl (C=O) groups is 2. The van der Waals surface area contributed by atoms with Crippen molar-refractivity contribution in [3.63, 3.8) is 0 Å². The average Bonchev–Trinajstić information content (AvgIpc) is 3.29. The third-order valence-corrected chi connectivity index (χ3v) is 12.3. The smallest absolute Gasteiger partial charge is 0.462 e. The van der Waals surface area contributed by atoms with Crippen LogP contribution in [0.1, 0.15) is 162 Å². The third-order valence-electron chi connectivity index (χ3n) is 10.8. The second kappa shape index (κ2) is 39.1. The average molecular weight is 1010 g/mol. The van der Waals surface area contributed by atoms with Crippen LogP contribution in [0.25, 0.3) is 0 Å². The minimum Gasteiger partial charge on any atom is -0.462 e. The first-order valence-corrected chi connectivity index (χ1v) is 27.6. The van der Waals surface area contributed by atoms with Crippen molar-refractivity contribution in [3.05, 3.63) is 72.9 Å². The Morgan fingerprint density at radius 1 is 0.529 bits per heavy atom. The van der Waals surface area contributed by atoms with Crippen molar-refractivity contribution in [1.29, 1.82) is 0 Å². The van der Waals surface area contributed by atoms with Crippen LogP contribution in [0, 0.1) is 0 Å². The summed E-state index contributed by atoms with van der Waals surface area (Å²) < 4.78 is 49.3. The second-order valence-electron chi connectivity index (χ2n) is 17.0. The lowest BCUT2D eigenvalue weighted by Gasteiger charge is -2.43. The molecule has 0 aromatic heterocycles. The molecule has 0 aromatic rings. The Hall–Kier alpha value is -2.60. The molecule has 0 bridgehead atoms. The predicted octanol–water partition coefficient (Wildman–Crippen LogP) is 8.59. The van der Waals surface area contributed by atoms with E-state index < -0.39 is 83.5 Å². The molecule has 0 heterocycles. The van der Waals surface area contributed by atoms with Crippen LogP contribution in [-0.4, -0.2) is 114 Å². The van der Waals surface area contributed by atoms with Gasteiger partial charge in [-0.3, -0.25) is 23.2 Å². The van der Waals surface area contributed by atoms with Gasteiger partial charge in [-0.05, 0) is 83.5 Å². The number of ether oxygens (including phenoxy) is 2. The van der Waals surface area contributed by atoms with Gasteiger partial charge in [0.05, 0.1) is 12.7 Å². The first kappa shape index (κ1) is 63.4.